The summed E-state index contributed by atoms with van der Waals surface area (Å²) in [6.45, 7) is 26.5. The molecule has 0 bridgehead atoms. The number of ether oxygens (including phenoxy) is 1. The molecule has 6 aromatic rings. The van der Waals surface area contributed by atoms with E-state index in [0.29, 0.717) is 37.0 Å². The number of nitrogens with zero attached hydrogens (tertiary/aromatic N) is 9. The third-order valence-electron chi connectivity index (χ3n) is 13.4. The fraction of sp³-hybridized carbons (Fsp3) is 0.471. The van der Waals surface area contributed by atoms with Crippen molar-refractivity contribution >= 4 is 28.5 Å². The third kappa shape index (κ3) is 9.44. The van der Waals surface area contributed by atoms with Crippen LogP contribution in [0.4, 0.5) is 16.2 Å². The fourth-order valence-electron chi connectivity index (χ4n) is 9.40. The first kappa shape index (κ1) is 42.9. The molecule has 4 aliphatic heterocycles. The van der Waals surface area contributed by atoms with Crippen LogP contribution in [0.25, 0.3) is 33.3 Å². The molecular formula is C51H66N10O2. The van der Waals surface area contributed by atoms with Crippen LogP contribution in [0.3, 0.4) is 0 Å². The van der Waals surface area contributed by atoms with E-state index in [2.05, 4.69) is 148 Å². The second-order valence-electron chi connectivity index (χ2n) is 19.5. The van der Waals surface area contributed by atoms with Gasteiger partial charge >= 0.3 is 6.09 Å². The van der Waals surface area contributed by atoms with Crippen molar-refractivity contribution in [2.24, 2.45) is 0 Å². The molecule has 0 radical (unpaired) electrons. The summed E-state index contributed by atoms with van der Waals surface area (Å²) in [5, 5.41) is 12.5. The van der Waals surface area contributed by atoms with Gasteiger partial charge in [0.2, 0.25) is 0 Å². The van der Waals surface area contributed by atoms with E-state index in [1.165, 1.54) is 57.7 Å². The normalized spacial score (nSPS) is 18.2. The van der Waals surface area contributed by atoms with Crippen molar-refractivity contribution in [2.45, 2.75) is 78.0 Å². The number of rotatable bonds is 8. The Morgan fingerprint density at radius 3 is 1.44 bits per heavy atom. The van der Waals surface area contributed by atoms with Gasteiger partial charge in [-0.1, -0.05) is 48.5 Å². The van der Waals surface area contributed by atoms with E-state index in [9.17, 15) is 4.79 Å². The summed E-state index contributed by atoms with van der Waals surface area (Å²) < 4.78 is 9.53. The zero-order chi connectivity index (χ0) is 43.8. The number of benzene rings is 2. The number of likely N-dealkylation sites (tertiary alicyclic amines) is 2. The lowest BCUT2D eigenvalue weighted by molar-refractivity contribution is 0.0240. The van der Waals surface area contributed by atoms with Gasteiger partial charge in [-0.25, -0.2) is 13.8 Å². The number of piperazine rings is 2. The van der Waals surface area contributed by atoms with E-state index in [4.69, 9.17) is 4.74 Å². The van der Waals surface area contributed by atoms with E-state index >= 15 is 0 Å². The average molecular weight is 851 g/mol. The molecule has 8 heterocycles. The molecule has 1 N–H and O–H groups in total. The molecule has 4 saturated heterocycles. The SMILES string of the molecule is CC(C)N1CC(c2ccc(-c3cc4c(N5CCN(C(=O)OC(C)(C)C)CC5)ccnn4c3)cc2)C1.CC(C)N1CC(c2ccc(-c3cc4c(N5CCNCC5)ccnn4c3)cc2)C1. The molecule has 4 fully saturated rings. The zero-order valence-electron chi connectivity index (χ0n) is 38.4. The van der Waals surface area contributed by atoms with Gasteiger partial charge in [0.1, 0.15) is 5.60 Å². The summed E-state index contributed by atoms with van der Waals surface area (Å²) >= 11 is 0. The number of carbonyl (C=O) groups excluding carboxylic acids is 1. The smallest absolute Gasteiger partial charge is 0.410 e. The lowest BCUT2D eigenvalue weighted by Gasteiger charge is -2.42. The minimum atomic E-state index is -0.474. The highest BCUT2D eigenvalue weighted by Gasteiger charge is 2.31. The van der Waals surface area contributed by atoms with Crippen LogP contribution in [-0.4, -0.2) is 136 Å². The van der Waals surface area contributed by atoms with Crippen LogP contribution in [0, 0.1) is 0 Å². The highest BCUT2D eigenvalue weighted by molar-refractivity contribution is 5.81. The maximum atomic E-state index is 12.4. The Morgan fingerprint density at radius 2 is 1.03 bits per heavy atom. The number of amides is 1. The van der Waals surface area contributed by atoms with Gasteiger partial charge in [0.05, 0.1) is 22.4 Å². The van der Waals surface area contributed by atoms with Crippen LogP contribution < -0.4 is 15.1 Å². The summed E-state index contributed by atoms with van der Waals surface area (Å²) in [4.78, 5) is 24.1. The number of hydrogen-bond donors (Lipinski definition) is 1. The van der Waals surface area contributed by atoms with Crippen LogP contribution in [0.2, 0.25) is 0 Å². The van der Waals surface area contributed by atoms with E-state index < -0.39 is 5.60 Å². The van der Waals surface area contributed by atoms with Crippen molar-refractivity contribution < 1.29 is 9.53 Å². The van der Waals surface area contributed by atoms with E-state index in [1.807, 2.05) is 42.2 Å². The second kappa shape index (κ2) is 18.0. The molecule has 0 unspecified atom stereocenters. The molecule has 0 aliphatic carbocycles. The molecule has 0 spiro atoms. The lowest BCUT2D eigenvalue weighted by atomic mass is 9.89. The molecule has 4 aromatic heterocycles. The predicted molar refractivity (Wildman–Crippen MR) is 255 cm³/mol. The van der Waals surface area contributed by atoms with Crippen molar-refractivity contribution in [1.29, 1.82) is 0 Å². The molecule has 10 rings (SSSR count). The molecule has 12 nitrogen and oxygen atoms in total. The Bertz CT molecular complexity index is 2480. The van der Waals surface area contributed by atoms with Gasteiger partial charge in [0.25, 0.3) is 0 Å². The van der Waals surface area contributed by atoms with Gasteiger partial charge in [0.15, 0.2) is 0 Å². The van der Waals surface area contributed by atoms with Crippen molar-refractivity contribution in [1.82, 2.24) is 39.2 Å². The number of hydrogen-bond acceptors (Lipinski definition) is 9. The molecule has 63 heavy (non-hydrogen) atoms. The Morgan fingerprint density at radius 1 is 0.603 bits per heavy atom. The van der Waals surface area contributed by atoms with Gasteiger partial charge in [-0.05, 0) is 95.0 Å². The Hall–Kier alpha value is -5.43. The van der Waals surface area contributed by atoms with E-state index in [0.717, 1.165) is 63.6 Å². The fourth-order valence-corrected chi connectivity index (χ4v) is 9.40. The standard InChI is InChI=1S/C28H37N5O2.C23H29N5/c1-20(2)32-17-24(18-32)22-8-6-21(7-9-22)23-16-26-25(10-11-29-33(26)19-23)30-12-14-31(15-13-30)27(34)35-28(3,4)5;1-17(2)27-14-21(15-27)19-5-3-18(4-6-19)20-13-23-22(7-8-25-28(23)16-20)26-11-9-24-10-12-26/h6-11,16,19-20,24H,12-15,17-18H2,1-5H3;3-8,13,16-17,21,24H,9-12,14-15H2,1-2H3. The largest absolute Gasteiger partial charge is 0.444 e. The summed E-state index contributed by atoms with van der Waals surface area (Å²) in [5.74, 6) is 1.33. The van der Waals surface area contributed by atoms with Gasteiger partial charge in [-0.3, -0.25) is 9.80 Å². The first-order chi connectivity index (χ1) is 30.4. The second-order valence-corrected chi connectivity index (χ2v) is 19.5. The number of fused-ring (bicyclic) bond motifs is 2. The first-order valence-corrected chi connectivity index (χ1v) is 23.2. The van der Waals surface area contributed by atoms with E-state index in [1.54, 1.807) is 4.90 Å². The summed E-state index contributed by atoms with van der Waals surface area (Å²) in [6.07, 6.45) is 7.79. The van der Waals surface area contributed by atoms with Crippen molar-refractivity contribution in [3.05, 3.63) is 109 Å². The molecular weight excluding hydrogens is 785 g/mol. The minimum absolute atomic E-state index is 0.232. The lowest BCUT2D eigenvalue weighted by Crippen LogP contribution is -2.50. The molecule has 0 saturated carbocycles. The van der Waals surface area contributed by atoms with Crippen LogP contribution in [0.5, 0.6) is 0 Å². The molecule has 1 amide bonds. The number of anilines is 2. The average Bonchev–Trinajstić information content (AvgIpc) is 3.88. The summed E-state index contributed by atoms with van der Waals surface area (Å²) in [7, 11) is 0. The van der Waals surface area contributed by atoms with Gasteiger partial charge in [-0.2, -0.15) is 10.2 Å². The molecule has 2 aromatic carbocycles. The van der Waals surface area contributed by atoms with E-state index in [-0.39, 0.29) is 6.09 Å². The number of carbonyl (C=O) groups is 1. The van der Waals surface area contributed by atoms with Crippen LogP contribution in [0.1, 0.15) is 71.4 Å². The molecule has 0 atom stereocenters. The van der Waals surface area contributed by atoms with Gasteiger partial charge < -0.3 is 24.8 Å². The molecule has 12 heteroatoms. The molecule has 332 valence electrons. The maximum absolute atomic E-state index is 12.4. The quantitative estimate of drug-likeness (QED) is 0.163. The monoisotopic (exact) mass is 851 g/mol. The Labute approximate surface area is 373 Å². The first-order valence-electron chi connectivity index (χ1n) is 23.2. The highest BCUT2D eigenvalue weighted by Crippen LogP contribution is 2.34. The Balaban J connectivity index is 0.000000164. The minimum Gasteiger partial charge on any atom is -0.444 e. The topological polar surface area (TPSA) is 89.1 Å². The van der Waals surface area contributed by atoms with Crippen LogP contribution in [-0.2, 0) is 4.74 Å². The summed E-state index contributed by atoms with van der Waals surface area (Å²) in [5.41, 5.74) is 12.0. The Kier molecular flexibility index (Phi) is 12.2. The van der Waals surface area contributed by atoms with Gasteiger partial charge in [0, 0.05) is 138 Å². The van der Waals surface area contributed by atoms with Gasteiger partial charge in [-0.15, -0.1) is 0 Å². The zero-order valence-corrected chi connectivity index (χ0v) is 38.4. The van der Waals surface area contributed by atoms with Crippen LogP contribution >= 0.6 is 0 Å². The van der Waals surface area contributed by atoms with Crippen LogP contribution in [0.15, 0.2) is 97.6 Å². The van der Waals surface area contributed by atoms with Crippen molar-refractivity contribution in [3.63, 3.8) is 0 Å². The summed E-state index contributed by atoms with van der Waals surface area (Å²) in [6, 6.07) is 28.2. The third-order valence-corrected chi connectivity index (χ3v) is 13.4. The highest BCUT2D eigenvalue weighted by atomic mass is 16.6. The maximum Gasteiger partial charge on any atom is 0.410 e. The predicted octanol–water partition coefficient (Wildman–Crippen LogP) is 8.08. The van der Waals surface area contributed by atoms with Crippen molar-refractivity contribution in [3.8, 4) is 22.3 Å². The molecule has 4 aliphatic rings. The van der Waals surface area contributed by atoms with Crippen molar-refractivity contribution in [2.75, 3.05) is 88.3 Å². The number of aromatic nitrogens is 4. The number of nitrogens with one attached hydrogen (secondary N) is 1.